The van der Waals surface area contributed by atoms with E-state index in [2.05, 4.69) is 27.9 Å². The fraction of sp³-hybridized carbons (Fsp3) is 0.375. The van der Waals surface area contributed by atoms with Crippen LogP contribution in [-0.2, 0) is 6.54 Å². The smallest absolute Gasteiger partial charge is 0.173 e. The molecule has 1 rings (SSSR count). The molecule has 1 aromatic heterocycles. The Balaban J connectivity index is 0. The molecule has 76 valence electrons. The van der Waals surface area contributed by atoms with Crippen LogP contribution in [-0.4, -0.2) is 9.55 Å². The fourth-order valence-electron chi connectivity index (χ4n) is 0.738. The lowest BCUT2D eigenvalue weighted by Crippen LogP contribution is -1.93. The third kappa shape index (κ3) is 7.89. The molecule has 0 aliphatic carbocycles. The predicted octanol–water partition coefficient (Wildman–Crippen LogP) is 0.0638. The van der Waals surface area contributed by atoms with Crippen molar-refractivity contribution in [2.45, 2.75) is 20.4 Å². The first-order valence-corrected chi connectivity index (χ1v) is 3.84. The fourth-order valence-corrected chi connectivity index (χ4v) is 0.738. The van der Waals surface area contributed by atoms with Crippen molar-refractivity contribution in [3.8, 4) is 12.4 Å². The highest BCUT2D eigenvalue weighted by Gasteiger charge is 1.88. The molecule has 0 spiro atoms. The number of rotatable bonds is 1. The quantitative estimate of drug-likeness (QED) is 0.484. The molecule has 0 bridgehead atoms. The van der Waals surface area contributed by atoms with Gasteiger partial charge in [0, 0.05) is 18.9 Å². The average molecular weight is 194 g/mol. The molecular weight excluding hydrogens is 180 g/mol. The predicted molar refractivity (Wildman–Crippen MR) is 52.2 cm³/mol. The number of imidazole rings is 1. The number of aryl methyl sites for hydroxylation is 2. The monoisotopic (exact) mass is 194 g/mol. The molecule has 6 nitrogen and oxygen atoms in total. The van der Waals surface area contributed by atoms with Crippen molar-refractivity contribution in [3.05, 3.63) is 18.2 Å². The standard InChI is InChI=1S/C6H10N2.2CH2N2/c1-3-8-5-4-7-6(8)2;2*2-1-3/h4-5H,3H2,1-2H3;2*2H2. The van der Waals surface area contributed by atoms with Crippen LogP contribution in [0.1, 0.15) is 12.7 Å². The van der Waals surface area contributed by atoms with Crippen molar-refractivity contribution >= 4 is 0 Å². The Bertz CT molecular complexity index is 290. The molecule has 0 aliphatic rings. The molecule has 0 aromatic carbocycles. The molecule has 0 unspecified atom stereocenters. The van der Waals surface area contributed by atoms with Crippen LogP contribution in [0.4, 0.5) is 0 Å². The lowest BCUT2D eigenvalue weighted by molar-refractivity contribution is 0.730. The number of hydrogen-bond donors (Lipinski definition) is 2. The Hall–Kier alpha value is -2.21. The van der Waals surface area contributed by atoms with Crippen molar-refractivity contribution < 1.29 is 0 Å². The second-order valence-corrected chi connectivity index (χ2v) is 2.02. The minimum absolute atomic E-state index is 1.02. The Morgan fingerprint density at radius 3 is 2.00 bits per heavy atom. The van der Waals surface area contributed by atoms with E-state index in [0.717, 1.165) is 12.4 Å². The minimum atomic E-state index is 1.02. The van der Waals surface area contributed by atoms with Crippen molar-refractivity contribution in [1.29, 1.82) is 10.5 Å². The van der Waals surface area contributed by atoms with E-state index >= 15 is 0 Å². The molecule has 0 saturated carbocycles. The van der Waals surface area contributed by atoms with E-state index in [4.69, 9.17) is 10.5 Å². The van der Waals surface area contributed by atoms with Gasteiger partial charge in [-0.1, -0.05) is 0 Å². The molecule has 6 heteroatoms. The largest absolute Gasteiger partial charge is 0.337 e. The van der Waals surface area contributed by atoms with Gasteiger partial charge in [-0.15, -0.1) is 0 Å². The first kappa shape index (κ1) is 14.3. The summed E-state index contributed by atoms with van der Waals surface area (Å²) in [6, 6.07) is 0. The van der Waals surface area contributed by atoms with Crippen LogP contribution in [0, 0.1) is 29.8 Å². The van der Waals surface area contributed by atoms with E-state index in [0.29, 0.717) is 0 Å². The summed E-state index contributed by atoms with van der Waals surface area (Å²) in [7, 11) is 0. The van der Waals surface area contributed by atoms with E-state index in [1.165, 1.54) is 12.4 Å². The van der Waals surface area contributed by atoms with Crippen LogP contribution in [0.2, 0.25) is 0 Å². The molecule has 0 atom stereocenters. The highest BCUT2D eigenvalue weighted by molar-refractivity contribution is 4.87. The summed E-state index contributed by atoms with van der Waals surface area (Å²) in [5.41, 5.74) is 8.31. The summed E-state index contributed by atoms with van der Waals surface area (Å²) >= 11 is 0. The van der Waals surface area contributed by atoms with Crippen LogP contribution in [0.25, 0.3) is 0 Å². The second kappa shape index (κ2) is 10.8. The number of hydrogen-bond acceptors (Lipinski definition) is 5. The lowest BCUT2D eigenvalue weighted by atomic mass is 10.6. The first-order valence-electron chi connectivity index (χ1n) is 3.84. The summed E-state index contributed by atoms with van der Waals surface area (Å²) in [6.07, 6.45) is 6.30. The molecule has 0 amide bonds. The van der Waals surface area contributed by atoms with Gasteiger partial charge in [0.15, 0.2) is 12.4 Å². The summed E-state index contributed by atoms with van der Waals surface area (Å²) in [5, 5.41) is 14.2. The first-order chi connectivity index (χ1) is 6.67. The highest BCUT2D eigenvalue weighted by atomic mass is 15.0. The molecule has 0 saturated heterocycles. The third-order valence-electron chi connectivity index (χ3n) is 1.26. The molecule has 14 heavy (non-hydrogen) atoms. The number of nitrogens with zero attached hydrogens (tertiary/aromatic N) is 4. The van der Waals surface area contributed by atoms with E-state index in [1.807, 2.05) is 19.3 Å². The van der Waals surface area contributed by atoms with E-state index in [1.54, 1.807) is 0 Å². The zero-order valence-electron chi connectivity index (χ0n) is 8.31. The molecule has 0 radical (unpaired) electrons. The van der Waals surface area contributed by atoms with Crippen molar-refractivity contribution in [3.63, 3.8) is 0 Å². The number of aromatic nitrogens is 2. The van der Waals surface area contributed by atoms with Gasteiger partial charge in [-0.25, -0.2) is 4.98 Å². The van der Waals surface area contributed by atoms with Crippen LogP contribution in [0.15, 0.2) is 12.4 Å². The normalized spacial score (nSPS) is 6.57. The summed E-state index contributed by atoms with van der Waals surface area (Å²) in [5.74, 6) is 1.09. The molecule has 4 N–H and O–H groups in total. The SMILES string of the molecule is CCn1ccnc1C.N#CN.N#CN. The topological polar surface area (TPSA) is 117 Å². The van der Waals surface area contributed by atoms with Gasteiger partial charge in [0.25, 0.3) is 0 Å². The Morgan fingerprint density at radius 2 is 1.86 bits per heavy atom. The van der Waals surface area contributed by atoms with Gasteiger partial charge in [-0.3, -0.25) is 0 Å². The van der Waals surface area contributed by atoms with Crippen LogP contribution < -0.4 is 11.5 Å². The van der Waals surface area contributed by atoms with Crippen molar-refractivity contribution in [1.82, 2.24) is 9.55 Å². The van der Waals surface area contributed by atoms with Gasteiger partial charge in [-0.2, -0.15) is 10.5 Å². The minimum Gasteiger partial charge on any atom is -0.337 e. The van der Waals surface area contributed by atoms with Gasteiger partial charge in [-0.05, 0) is 13.8 Å². The number of nitriles is 2. The Morgan fingerprint density at radius 1 is 1.43 bits per heavy atom. The van der Waals surface area contributed by atoms with E-state index in [-0.39, 0.29) is 0 Å². The van der Waals surface area contributed by atoms with Gasteiger partial charge in [0.05, 0.1) is 0 Å². The van der Waals surface area contributed by atoms with E-state index < -0.39 is 0 Å². The second-order valence-electron chi connectivity index (χ2n) is 2.02. The van der Waals surface area contributed by atoms with Gasteiger partial charge < -0.3 is 16.0 Å². The Labute approximate surface area is 83.4 Å². The third-order valence-corrected chi connectivity index (χ3v) is 1.26. The van der Waals surface area contributed by atoms with Gasteiger partial charge >= 0.3 is 0 Å². The van der Waals surface area contributed by atoms with Gasteiger partial charge in [0.1, 0.15) is 5.82 Å². The highest BCUT2D eigenvalue weighted by Crippen LogP contribution is 1.92. The maximum absolute atomic E-state index is 7.10. The van der Waals surface area contributed by atoms with E-state index in [9.17, 15) is 0 Å². The average Bonchev–Trinajstić information content (AvgIpc) is 2.53. The van der Waals surface area contributed by atoms with Gasteiger partial charge in [0.2, 0.25) is 0 Å². The van der Waals surface area contributed by atoms with Crippen LogP contribution in [0.3, 0.4) is 0 Å². The molecular formula is C8H14N6. The lowest BCUT2D eigenvalue weighted by Gasteiger charge is -1.95. The molecule has 0 fully saturated rings. The maximum Gasteiger partial charge on any atom is 0.173 e. The van der Waals surface area contributed by atoms with Crippen molar-refractivity contribution in [2.24, 2.45) is 11.5 Å². The summed E-state index contributed by atoms with van der Waals surface area (Å²) in [4.78, 5) is 4.05. The number of nitrogens with two attached hydrogens (primary N) is 2. The Kier molecular flexibility index (Phi) is 11.0. The molecule has 0 aliphatic heterocycles. The summed E-state index contributed by atoms with van der Waals surface area (Å²) in [6.45, 7) is 5.13. The molecule has 1 aromatic rings. The maximum atomic E-state index is 7.10. The van der Waals surface area contributed by atoms with Crippen molar-refractivity contribution in [2.75, 3.05) is 0 Å². The molecule has 1 heterocycles. The zero-order valence-corrected chi connectivity index (χ0v) is 8.31. The van der Waals surface area contributed by atoms with Crippen LogP contribution >= 0.6 is 0 Å². The zero-order chi connectivity index (χ0) is 11.4. The van der Waals surface area contributed by atoms with Crippen LogP contribution in [0.5, 0.6) is 0 Å². The summed E-state index contributed by atoms with van der Waals surface area (Å²) < 4.78 is 2.10.